The van der Waals surface area contributed by atoms with E-state index in [4.69, 9.17) is 5.14 Å². The van der Waals surface area contributed by atoms with E-state index in [-0.39, 0.29) is 17.6 Å². The minimum atomic E-state index is -1.49. The second kappa shape index (κ2) is 7.44. The first-order valence-electron chi connectivity index (χ1n) is 8.70. The van der Waals surface area contributed by atoms with Crippen molar-refractivity contribution < 1.29 is 13.0 Å². The first-order chi connectivity index (χ1) is 12.7. The Hall–Kier alpha value is -2.18. The third-order valence-corrected chi connectivity index (χ3v) is 6.04. The number of nitrogens with zero attached hydrogens (tertiary/aromatic N) is 1. The van der Waals surface area contributed by atoms with Gasteiger partial charge in [-0.05, 0) is 62.1 Å². The molecule has 0 amide bonds. The molecular weight excluding hydrogens is 366 g/mol. The van der Waals surface area contributed by atoms with Crippen LogP contribution in [0.2, 0.25) is 0 Å². The molecule has 142 valence electrons. The van der Waals surface area contributed by atoms with Gasteiger partial charge in [-0.25, -0.2) is 18.0 Å². The summed E-state index contributed by atoms with van der Waals surface area (Å²) in [6, 6.07) is 12.6. The molecule has 0 saturated carbocycles. The van der Waals surface area contributed by atoms with Crippen molar-refractivity contribution >= 4 is 21.9 Å². The summed E-state index contributed by atoms with van der Waals surface area (Å²) in [5, 5.41) is 6.43. The van der Waals surface area contributed by atoms with E-state index in [1.165, 1.54) is 24.3 Å². The molecular formula is C21H22F2N2OS. The summed E-state index contributed by atoms with van der Waals surface area (Å²) in [5.74, 6) is -0.774. The number of benzene rings is 2. The summed E-state index contributed by atoms with van der Waals surface area (Å²) in [4.78, 5) is 4.63. The summed E-state index contributed by atoms with van der Waals surface area (Å²) in [6.45, 7) is 5.71. The minimum Gasteiger partial charge on any atom is -0.251 e. The number of rotatable bonds is 5. The number of pyridine rings is 1. The predicted octanol–water partition coefficient (Wildman–Crippen LogP) is 5.07. The summed E-state index contributed by atoms with van der Waals surface area (Å²) < 4.78 is 38.7. The van der Waals surface area contributed by atoms with Crippen molar-refractivity contribution in [1.82, 2.24) is 4.98 Å². The summed E-state index contributed by atoms with van der Waals surface area (Å²) >= 11 is 0. The van der Waals surface area contributed by atoms with Gasteiger partial charge >= 0.3 is 0 Å². The Balaban J connectivity index is 2.18. The molecule has 2 atom stereocenters. The molecule has 0 saturated heterocycles. The Bertz CT molecular complexity index is 1020. The molecule has 1 unspecified atom stereocenters. The second-order valence-corrected chi connectivity index (χ2v) is 9.14. The third kappa shape index (κ3) is 4.22. The van der Waals surface area contributed by atoms with Crippen LogP contribution >= 0.6 is 0 Å². The molecule has 0 bridgehead atoms. The van der Waals surface area contributed by atoms with Crippen LogP contribution in [0.1, 0.15) is 38.7 Å². The summed E-state index contributed by atoms with van der Waals surface area (Å²) in [6.07, 6.45) is 0.562. The molecule has 27 heavy (non-hydrogen) atoms. The number of halogens is 2. The Morgan fingerprint density at radius 1 is 1.11 bits per heavy atom. The van der Waals surface area contributed by atoms with Gasteiger partial charge in [-0.3, -0.25) is 5.14 Å². The van der Waals surface area contributed by atoms with Gasteiger partial charge in [0.15, 0.2) is 0 Å². The van der Waals surface area contributed by atoms with Crippen LogP contribution < -0.4 is 5.14 Å². The smallest absolute Gasteiger partial charge is 0.125 e. The maximum absolute atomic E-state index is 13.8. The van der Waals surface area contributed by atoms with Gasteiger partial charge in [-0.1, -0.05) is 19.1 Å². The zero-order valence-corrected chi connectivity index (χ0v) is 16.3. The van der Waals surface area contributed by atoms with E-state index >= 15 is 0 Å². The van der Waals surface area contributed by atoms with Crippen molar-refractivity contribution in [2.75, 3.05) is 0 Å². The Labute approximate surface area is 160 Å². The maximum atomic E-state index is 13.8. The maximum Gasteiger partial charge on any atom is 0.125 e. The van der Waals surface area contributed by atoms with Crippen LogP contribution in [0.15, 0.2) is 48.5 Å². The number of fused-ring (bicyclic) bond motifs is 1. The summed E-state index contributed by atoms with van der Waals surface area (Å²) in [7, 11) is -1.49. The van der Waals surface area contributed by atoms with Crippen LogP contribution in [0, 0.1) is 11.6 Å². The van der Waals surface area contributed by atoms with Crippen molar-refractivity contribution in [3.8, 4) is 11.3 Å². The van der Waals surface area contributed by atoms with Crippen molar-refractivity contribution in [3.63, 3.8) is 0 Å². The SMILES string of the molecule is C[C@@H](CC(C)(C)S(N)=O)c1cc2ccc(F)cc2nc1-c1cccc(F)c1. The molecule has 1 aromatic heterocycles. The molecule has 0 fully saturated rings. The highest BCUT2D eigenvalue weighted by Crippen LogP contribution is 2.36. The molecule has 0 spiro atoms. The van der Waals surface area contributed by atoms with Crippen molar-refractivity contribution in [3.05, 3.63) is 65.7 Å². The molecule has 0 radical (unpaired) electrons. The molecule has 3 nitrogen and oxygen atoms in total. The first-order valence-corrected chi connectivity index (χ1v) is 9.91. The van der Waals surface area contributed by atoms with Gasteiger partial charge in [0.05, 0.1) is 26.9 Å². The molecule has 2 N–H and O–H groups in total. The van der Waals surface area contributed by atoms with E-state index in [0.29, 0.717) is 23.2 Å². The number of nitrogens with two attached hydrogens (primary N) is 1. The molecule has 2 aromatic carbocycles. The average molecular weight is 388 g/mol. The van der Waals surface area contributed by atoms with Crippen LogP contribution in [-0.4, -0.2) is 13.9 Å². The molecule has 0 aliphatic carbocycles. The lowest BCUT2D eigenvalue weighted by atomic mass is 9.88. The van der Waals surface area contributed by atoms with E-state index < -0.39 is 15.7 Å². The van der Waals surface area contributed by atoms with Gasteiger partial charge in [0.25, 0.3) is 0 Å². The Morgan fingerprint density at radius 2 is 1.81 bits per heavy atom. The average Bonchev–Trinajstić information content (AvgIpc) is 2.60. The lowest BCUT2D eigenvalue weighted by molar-refractivity contribution is 0.541. The second-order valence-electron chi connectivity index (χ2n) is 7.44. The Kier molecular flexibility index (Phi) is 5.40. The normalized spacial score (nSPS) is 14.3. The van der Waals surface area contributed by atoms with Crippen LogP contribution in [0.5, 0.6) is 0 Å². The number of hydrogen-bond acceptors (Lipinski definition) is 2. The van der Waals surface area contributed by atoms with Gasteiger partial charge in [0.2, 0.25) is 0 Å². The van der Waals surface area contributed by atoms with E-state index in [1.54, 1.807) is 18.2 Å². The quantitative estimate of drug-likeness (QED) is 0.663. The molecule has 6 heteroatoms. The highest BCUT2D eigenvalue weighted by Gasteiger charge is 2.28. The largest absolute Gasteiger partial charge is 0.251 e. The number of hydrogen-bond donors (Lipinski definition) is 1. The van der Waals surface area contributed by atoms with Gasteiger partial charge in [-0.15, -0.1) is 0 Å². The van der Waals surface area contributed by atoms with E-state index in [1.807, 2.05) is 26.8 Å². The van der Waals surface area contributed by atoms with Gasteiger partial charge in [-0.2, -0.15) is 0 Å². The van der Waals surface area contributed by atoms with Crippen molar-refractivity contribution in [2.45, 2.75) is 37.9 Å². The van der Waals surface area contributed by atoms with Crippen LogP contribution in [-0.2, 0) is 11.0 Å². The van der Waals surface area contributed by atoms with E-state index in [2.05, 4.69) is 4.98 Å². The topological polar surface area (TPSA) is 56.0 Å². The molecule has 1 heterocycles. The van der Waals surface area contributed by atoms with Crippen molar-refractivity contribution in [2.24, 2.45) is 5.14 Å². The lowest BCUT2D eigenvalue weighted by Gasteiger charge is -2.26. The molecule has 3 rings (SSSR count). The van der Waals surface area contributed by atoms with Gasteiger partial charge in [0.1, 0.15) is 11.6 Å². The van der Waals surface area contributed by atoms with Gasteiger partial charge < -0.3 is 0 Å². The minimum absolute atomic E-state index is 0.0345. The monoisotopic (exact) mass is 388 g/mol. The highest BCUT2D eigenvalue weighted by molar-refractivity contribution is 7.84. The highest BCUT2D eigenvalue weighted by atomic mass is 32.2. The van der Waals surface area contributed by atoms with Crippen LogP contribution in [0.25, 0.3) is 22.2 Å². The van der Waals surface area contributed by atoms with Crippen LogP contribution in [0.4, 0.5) is 8.78 Å². The fourth-order valence-electron chi connectivity index (χ4n) is 3.33. The lowest BCUT2D eigenvalue weighted by Crippen LogP contribution is -2.33. The molecule has 0 aliphatic rings. The van der Waals surface area contributed by atoms with E-state index in [0.717, 1.165) is 10.9 Å². The van der Waals surface area contributed by atoms with Gasteiger partial charge in [0, 0.05) is 17.0 Å². The first kappa shape index (κ1) is 19.6. The van der Waals surface area contributed by atoms with Crippen molar-refractivity contribution in [1.29, 1.82) is 0 Å². The van der Waals surface area contributed by atoms with E-state index in [9.17, 15) is 13.0 Å². The summed E-state index contributed by atoms with van der Waals surface area (Å²) in [5.41, 5.74) is 2.61. The zero-order chi connectivity index (χ0) is 19.8. The third-order valence-electron chi connectivity index (χ3n) is 4.78. The van der Waals surface area contributed by atoms with Crippen LogP contribution in [0.3, 0.4) is 0 Å². The predicted molar refractivity (Wildman–Crippen MR) is 107 cm³/mol. The molecule has 3 aromatic rings. The zero-order valence-electron chi connectivity index (χ0n) is 15.5. The Morgan fingerprint density at radius 3 is 2.48 bits per heavy atom. The standard InChI is InChI=1S/C21H22F2N2OS/c1-13(12-21(2,3)27(24)26)18-10-14-7-8-17(23)11-19(14)25-20(18)15-5-4-6-16(22)9-15/h4-11,13H,12,24H2,1-3H3/t13-,27?/m0/s1. The number of aromatic nitrogens is 1. The molecule has 0 aliphatic heterocycles. The fourth-order valence-corrected chi connectivity index (χ4v) is 3.74. The fraction of sp³-hybridized carbons (Fsp3) is 0.286.